The van der Waals surface area contributed by atoms with Crippen molar-refractivity contribution < 1.29 is 13.5 Å². The third-order valence-electron chi connectivity index (χ3n) is 3.42. The second-order valence-electron chi connectivity index (χ2n) is 4.66. The Balaban J connectivity index is 2.42. The standard InChI is InChI=1S/C12H16F2N2O2/c1-4-9-8(3)12(13,14)10(18-9)16-6-5-7(2)15-11(16)17/h5-6,8-10H,4H2,1-3H3. The summed E-state index contributed by atoms with van der Waals surface area (Å²) in [6, 6.07) is 1.52. The van der Waals surface area contributed by atoms with Crippen molar-refractivity contribution in [1.29, 1.82) is 0 Å². The van der Waals surface area contributed by atoms with Crippen LogP contribution in [0.1, 0.15) is 32.2 Å². The summed E-state index contributed by atoms with van der Waals surface area (Å²) >= 11 is 0. The van der Waals surface area contributed by atoms with E-state index in [0.717, 1.165) is 4.57 Å². The van der Waals surface area contributed by atoms with Crippen LogP contribution in [-0.2, 0) is 4.74 Å². The fraction of sp³-hybridized carbons (Fsp3) is 0.667. The number of halogens is 2. The second kappa shape index (κ2) is 4.42. The van der Waals surface area contributed by atoms with E-state index in [4.69, 9.17) is 4.74 Å². The zero-order valence-electron chi connectivity index (χ0n) is 10.6. The van der Waals surface area contributed by atoms with E-state index in [1.165, 1.54) is 19.2 Å². The number of ether oxygens (including phenoxy) is 1. The Bertz CT molecular complexity index is 501. The molecule has 2 heterocycles. The highest BCUT2D eigenvalue weighted by molar-refractivity contribution is 5.00. The van der Waals surface area contributed by atoms with Crippen molar-refractivity contribution in [2.24, 2.45) is 5.92 Å². The minimum absolute atomic E-state index is 0.487. The first-order chi connectivity index (χ1) is 8.37. The molecule has 0 bridgehead atoms. The zero-order chi connectivity index (χ0) is 13.5. The predicted octanol–water partition coefficient (Wildman–Crippen LogP) is 2.13. The van der Waals surface area contributed by atoms with E-state index >= 15 is 0 Å². The molecule has 1 saturated heterocycles. The first-order valence-corrected chi connectivity index (χ1v) is 5.97. The lowest BCUT2D eigenvalue weighted by Crippen LogP contribution is -2.37. The Morgan fingerprint density at radius 2 is 2.22 bits per heavy atom. The zero-order valence-corrected chi connectivity index (χ0v) is 10.6. The van der Waals surface area contributed by atoms with Gasteiger partial charge in [-0.3, -0.25) is 4.57 Å². The third kappa shape index (κ3) is 1.94. The molecule has 1 aromatic heterocycles. The van der Waals surface area contributed by atoms with Crippen LogP contribution in [0.5, 0.6) is 0 Å². The Kier molecular flexibility index (Phi) is 3.23. The molecule has 1 fully saturated rings. The predicted molar refractivity (Wildman–Crippen MR) is 61.5 cm³/mol. The topological polar surface area (TPSA) is 44.1 Å². The summed E-state index contributed by atoms with van der Waals surface area (Å²) in [4.78, 5) is 15.3. The van der Waals surface area contributed by atoms with Gasteiger partial charge in [0.2, 0.25) is 6.23 Å². The molecule has 1 aliphatic rings. The Morgan fingerprint density at radius 1 is 1.56 bits per heavy atom. The van der Waals surface area contributed by atoms with Gasteiger partial charge in [0, 0.05) is 11.9 Å². The molecule has 1 aromatic rings. The number of rotatable bonds is 2. The van der Waals surface area contributed by atoms with E-state index in [1.807, 2.05) is 0 Å². The minimum atomic E-state index is -3.07. The molecule has 18 heavy (non-hydrogen) atoms. The lowest BCUT2D eigenvalue weighted by molar-refractivity contribution is -0.125. The average molecular weight is 258 g/mol. The smallest absolute Gasteiger partial charge is 0.348 e. The van der Waals surface area contributed by atoms with E-state index in [2.05, 4.69) is 4.98 Å². The quantitative estimate of drug-likeness (QED) is 0.816. The molecular formula is C12H16F2N2O2. The second-order valence-corrected chi connectivity index (χ2v) is 4.66. The van der Waals surface area contributed by atoms with Crippen LogP contribution in [0.25, 0.3) is 0 Å². The highest BCUT2D eigenvalue weighted by Gasteiger charge is 2.57. The van der Waals surface area contributed by atoms with Crippen LogP contribution in [0, 0.1) is 12.8 Å². The van der Waals surface area contributed by atoms with Crippen molar-refractivity contribution in [2.45, 2.75) is 45.4 Å². The summed E-state index contributed by atoms with van der Waals surface area (Å²) < 4.78 is 34.4. The summed E-state index contributed by atoms with van der Waals surface area (Å²) in [5, 5.41) is 0. The van der Waals surface area contributed by atoms with Crippen LogP contribution >= 0.6 is 0 Å². The molecule has 0 spiro atoms. The lowest BCUT2D eigenvalue weighted by Gasteiger charge is -2.21. The van der Waals surface area contributed by atoms with Gasteiger partial charge in [0.15, 0.2) is 0 Å². The number of hydrogen-bond acceptors (Lipinski definition) is 3. The molecule has 6 heteroatoms. The molecule has 0 saturated carbocycles. The number of nitrogens with zero attached hydrogens (tertiary/aromatic N) is 2. The summed E-state index contributed by atoms with van der Waals surface area (Å²) in [6.07, 6.45) is -0.300. The average Bonchev–Trinajstić information content (AvgIpc) is 2.52. The Hall–Kier alpha value is -1.30. The van der Waals surface area contributed by atoms with Crippen molar-refractivity contribution in [1.82, 2.24) is 9.55 Å². The minimum Gasteiger partial charge on any atom is -0.348 e. The van der Waals surface area contributed by atoms with Gasteiger partial charge in [-0.1, -0.05) is 13.8 Å². The number of aryl methyl sites for hydroxylation is 1. The first-order valence-electron chi connectivity index (χ1n) is 5.97. The molecular weight excluding hydrogens is 242 g/mol. The van der Waals surface area contributed by atoms with Crippen molar-refractivity contribution in [2.75, 3.05) is 0 Å². The highest BCUT2D eigenvalue weighted by atomic mass is 19.3. The highest BCUT2D eigenvalue weighted by Crippen LogP contribution is 2.46. The molecule has 2 rings (SSSR count). The van der Waals surface area contributed by atoms with E-state index in [0.29, 0.717) is 12.1 Å². The molecule has 0 N–H and O–H groups in total. The molecule has 3 atom stereocenters. The van der Waals surface area contributed by atoms with E-state index < -0.39 is 29.9 Å². The van der Waals surface area contributed by atoms with Crippen molar-refractivity contribution in [3.05, 3.63) is 28.4 Å². The van der Waals surface area contributed by atoms with E-state index in [9.17, 15) is 13.6 Å². The van der Waals surface area contributed by atoms with Crippen LogP contribution < -0.4 is 5.69 Å². The Labute approximate surface area is 104 Å². The van der Waals surface area contributed by atoms with Crippen LogP contribution in [0.2, 0.25) is 0 Å². The van der Waals surface area contributed by atoms with Crippen LogP contribution in [-0.4, -0.2) is 21.6 Å². The number of hydrogen-bond donors (Lipinski definition) is 0. The van der Waals surface area contributed by atoms with Gasteiger partial charge in [-0.05, 0) is 19.4 Å². The SMILES string of the molecule is CCC1OC(n2ccc(C)nc2=O)C(F)(F)C1C. The van der Waals surface area contributed by atoms with Gasteiger partial charge < -0.3 is 4.74 Å². The van der Waals surface area contributed by atoms with Gasteiger partial charge in [0.05, 0.1) is 12.0 Å². The summed E-state index contributed by atoms with van der Waals surface area (Å²) in [5.74, 6) is -3.98. The van der Waals surface area contributed by atoms with Gasteiger partial charge >= 0.3 is 5.69 Å². The summed E-state index contributed by atoms with van der Waals surface area (Å²) in [6.45, 7) is 4.87. The normalized spacial score (nSPS) is 30.6. The molecule has 0 amide bonds. The van der Waals surface area contributed by atoms with Gasteiger partial charge in [-0.25, -0.2) is 13.6 Å². The molecule has 0 aliphatic carbocycles. The fourth-order valence-corrected chi connectivity index (χ4v) is 2.22. The molecule has 0 aromatic carbocycles. The Morgan fingerprint density at radius 3 is 2.72 bits per heavy atom. The first kappa shape index (κ1) is 13.1. The van der Waals surface area contributed by atoms with Gasteiger partial charge in [-0.2, -0.15) is 4.98 Å². The molecule has 4 nitrogen and oxygen atoms in total. The monoisotopic (exact) mass is 258 g/mol. The van der Waals surface area contributed by atoms with Crippen molar-refractivity contribution in [3.8, 4) is 0 Å². The lowest BCUT2D eigenvalue weighted by atomic mass is 9.98. The van der Waals surface area contributed by atoms with Gasteiger partial charge in [0.25, 0.3) is 5.92 Å². The number of aromatic nitrogens is 2. The van der Waals surface area contributed by atoms with E-state index in [-0.39, 0.29) is 0 Å². The maximum atomic E-state index is 14.1. The molecule has 1 aliphatic heterocycles. The van der Waals surface area contributed by atoms with Crippen molar-refractivity contribution in [3.63, 3.8) is 0 Å². The number of alkyl halides is 2. The largest absolute Gasteiger partial charge is 0.350 e. The van der Waals surface area contributed by atoms with Gasteiger partial charge in [-0.15, -0.1) is 0 Å². The van der Waals surface area contributed by atoms with E-state index in [1.54, 1.807) is 13.8 Å². The molecule has 100 valence electrons. The van der Waals surface area contributed by atoms with Crippen LogP contribution in [0.3, 0.4) is 0 Å². The van der Waals surface area contributed by atoms with Crippen LogP contribution in [0.15, 0.2) is 17.1 Å². The summed E-state index contributed by atoms with van der Waals surface area (Å²) in [5.41, 5.74) is -0.207. The summed E-state index contributed by atoms with van der Waals surface area (Å²) in [7, 11) is 0. The van der Waals surface area contributed by atoms with Crippen LogP contribution in [0.4, 0.5) is 8.78 Å². The van der Waals surface area contributed by atoms with Gasteiger partial charge in [0.1, 0.15) is 0 Å². The molecule has 0 radical (unpaired) electrons. The maximum absolute atomic E-state index is 14.1. The molecule has 3 unspecified atom stereocenters. The van der Waals surface area contributed by atoms with Crippen molar-refractivity contribution >= 4 is 0 Å². The third-order valence-corrected chi connectivity index (χ3v) is 3.42. The maximum Gasteiger partial charge on any atom is 0.350 e. The fourth-order valence-electron chi connectivity index (χ4n) is 2.22.